The molecule has 0 aliphatic carbocycles. The van der Waals surface area contributed by atoms with Gasteiger partial charge in [-0.3, -0.25) is 4.79 Å². The summed E-state index contributed by atoms with van der Waals surface area (Å²) < 4.78 is 1.72. The van der Waals surface area contributed by atoms with Crippen LogP contribution in [-0.4, -0.2) is 35.5 Å². The molecule has 0 N–H and O–H groups in total. The average Bonchev–Trinajstić information content (AvgIpc) is 2.75. The van der Waals surface area contributed by atoms with Gasteiger partial charge < -0.3 is 4.57 Å². The number of rotatable bonds is 3. The summed E-state index contributed by atoms with van der Waals surface area (Å²) in [5, 5.41) is 11.3. The third-order valence-corrected chi connectivity index (χ3v) is 1.86. The largest absolute Gasteiger partial charge is 0.340 e. The summed E-state index contributed by atoms with van der Waals surface area (Å²) in [6.07, 6.45) is 3.38. The van der Waals surface area contributed by atoms with E-state index in [-0.39, 0.29) is 12.2 Å². The van der Waals surface area contributed by atoms with Gasteiger partial charge in [-0.15, -0.1) is 10.2 Å². The number of Topliss-reactive ketones (excluding diaryl/α,β-unsaturated/α-hetero) is 1. The van der Waals surface area contributed by atoms with Gasteiger partial charge in [-0.2, -0.15) is 4.80 Å². The van der Waals surface area contributed by atoms with Gasteiger partial charge in [0.2, 0.25) is 0 Å². The summed E-state index contributed by atoms with van der Waals surface area (Å²) in [5.41, 5.74) is 0.421. The van der Waals surface area contributed by atoms with Gasteiger partial charge in [-0.05, 0) is 5.21 Å². The predicted octanol–water partition coefficient (Wildman–Crippen LogP) is -0.631. The summed E-state index contributed by atoms with van der Waals surface area (Å²) >= 11 is 0. The number of hydrogen-bond donors (Lipinski definition) is 0. The fraction of sp³-hybridized carbons (Fsp3) is 0.375. The molecule has 2 aromatic rings. The highest BCUT2D eigenvalue weighted by molar-refractivity contribution is 5.95. The monoisotopic (exact) mass is 206 g/mol. The molecule has 15 heavy (non-hydrogen) atoms. The molecule has 7 nitrogen and oxygen atoms in total. The van der Waals surface area contributed by atoms with Gasteiger partial charge in [0.05, 0.1) is 19.8 Å². The molecular weight excluding hydrogens is 196 g/mol. The van der Waals surface area contributed by atoms with Gasteiger partial charge in [0, 0.05) is 13.2 Å². The number of aryl methyl sites for hydroxylation is 2. The van der Waals surface area contributed by atoms with E-state index in [1.807, 2.05) is 7.05 Å². The molecule has 0 fully saturated rings. The molecule has 0 amide bonds. The van der Waals surface area contributed by atoms with Crippen LogP contribution in [0.15, 0.2) is 12.5 Å². The molecule has 0 saturated carbocycles. The van der Waals surface area contributed by atoms with Crippen LogP contribution in [0.3, 0.4) is 0 Å². The normalized spacial score (nSPS) is 10.5. The highest BCUT2D eigenvalue weighted by Gasteiger charge is 2.12. The standard InChI is InChI=1S/C8H10N6O/c1-13-4-6(9-5-13)7(15)3-8-10-12-14(2)11-8/h4-5H,3H2,1-2H3. The van der Waals surface area contributed by atoms with Crippen molar-refractivity contribution in [1.82, 2.24) is 29.8 Å². The molecule has 0 saturated heterocycles. The minimum absolute atomic E-state index is 0.108. The third-order valence-electron chi connectivity index (χ3n) is 1.86. The Kier molecular flexibility index (Phi) is 2.28. The Morgan fingerprint density at radius 1 is 1.47 bits per heavy atom. The molecule has 2 aromatic heterocycles. The topological polar surface area (TPSA) is 78.5 Å². The third kappa shape index (κ3) is 2.06. The molecule has 0 aliphatic rings. The van der Waals surface area contributed by atoms with Crippen LogP contribution in [0.25, 0.3) is 0 Å². The van der Waals surface area contributed by atoms with E-state index in [0.29, 0.717) is 11.5 Å². The van der Waals surface area contributed by atoms with Crippen molar-refractivity contribution < 1.29 is 4.79 Å². The number of tetrazole rings is 1. The number of aromatic nitrogens is 6. The first-order chi connectivity index (χ1) is 7.15. The molecule has 78 valence electrons. The van der Waals surface area contributed by atoms with Crippen LogP contribution >= 0.6 is 0 Å². The lowest BCUT2D eigenvalue weighted by atomic mass is 10.2. The van der Waals surface area contributed by atoms with Gasteiger partial charge in [-0.1, -0.05) is 0 Å². The zero-order valence-electron chi connectivity index (χ0n) is 8.45. The summed E-state index contributed by atoms with van der Waals surface area (Å²) in [4.78, 5) is 16.9. The van der Waals surface area contributed by atoms with Crippen LogP contribution < -0.4 is 0 Å². The van der Waals surface area contributed by atoms with Crippen LogP contribution in [0.4, 0.5) is 0 Å². The molecule has 0 aromatic carbocycles. The SMILES string of the molecule is Cn1cnc(C(=O)Cc2nnn(C)n2)c1. The van der Waals surface area contributed by atoms with E-state index >= 15 is 0 Å². The predicted molar refractivity (Wildman–Crippen MR) is 50.0 cm³/mol. The lowest BCUT2D eigenvalue weighted by Gasteiger charge is -1.90. The molecule has 0 atom stereocenters. The van der Waals surface area contributed by atoms with Crippen molar-refractivity contribution in [2.75, 3.05) is 0 Å². The maximum atomic E-state index is 11.6. The minimum atomic E-state index is -0.108. The number of imidazole rings is 1. The number of nitrogens with zero attached hydrogens (tertiary/aromatic N) is 6. The summed E-state index contributed by atoms with van der Waals surface area (Å²) in [7, 11) is 3.46. The fourth-order valence-corrected chi connectivity index (χ4v) is 1.19. The van der Waals surface area contributed by atoms with Crippen LogP contribution in [0, 0.1) is 0 Å². The van der Waals surface area contributed by atoms with Gasteiger partial charge in [0.1, 0.15) is 5.69 Å². The lowest BCUT2D eigenvalue weighted by molar-refractivity contribution is 0.0986. The zero-order valence-corrected chi connectivity index (χ0v) is 8.45. The minimum Gasteiger partial charge on any atom is -0.340 e. The van der Waals surface area contributed by atoms with E-state index in [2.05, 4.69) is 20.4 Å². The second-order valence-electron chi connectivity index (χ2n) is 3.22. The van der Waals surface area contributed by atoms with Crippen molar-refractivity contribution in [3.8, 4) is 0 Å². The lowest BCUT2D eigenvalue weighted by Crippen LogP contribution is -2.06. The highest BCUT2D eigenvalue weighted by Crippen LogP contribution is 2.00. The number of hydrogen-bond acceptors (Lipinski definition) is 5. The maximum Gasteiger partial charge on any atom is 0.190 e. The van der Waals surface area contributed by atoms with E-state index < -0.39 is 0 Å². The van der Waals surface area contributed by atoms with Gasteiger partial charge in [0.15, 0.2) is 11.6 Å². The van der Waals surface area contributed by atoms with Crippen LogP contribution in [-0.2, 0) is 20.5 Å². The van der Waals surface area contributed by atoms with Gasteiger partial charge >= 0.3 is 0 Å². The molecule has 0 radical (unpaired) electrons. The van der Waals surface area contributed by atoms with Crippen LogP contribution in [0.1, 0.15) is 16.3 Å². The Morgan fingerprint density at radius 3 is 2.80 bits per heavy atom. The Morgan fingerprint density at radius 2 is 2.27 bits per heavy atom. The Bertz CT molecular complexity index is 485. The second kappa shape index (κ2) is 3.60. The van der Waals surface area contributed by atoms with Crippen molar-refractivity contribution in [1.29, 1.82) is 0 Å². The second-order valence-corrected chi connectivity index (χ2v) is 3.22. The molecule has 0 bridgehead atoms. The van der Waals surface area contributed by atoms with Crippen molar-refractivity contribution in [3.63, 3.8) is 0 Å². The fourth-order valence-electron chi connectivity index (χ4n) is 1.19. The molecule has 0 spiro atoms. The summed E-state index contributed by atoms with van der Waals surface area (Å²) in [5.74, 6) is 0.303. The van der Waals surface area contributed by atoms with Crippen molar-refractivity contribution in [2.45, 2.75) is 6.42 Å². The molecule has 0 unspecified atom stereocenters. The Balaban J connectivity index is 2.10. The Hall–Kier alpha value is -2.05. The maximum absolute atomic E-state index is 11.6. The van der Waals surface area contributed by atoms with Crippen molar-refractivity contribution in [3.05, 3.63) is 24.0 Å². The quantitative estimate of drug-likeness (QED) is 0.625. The average molecular weight is 206 g/mol. The van der Waals surface area contributed by atoms with E-state index in [1.54, 1.807) is 24.1 Å². The molecule has 7 heteroatoms. The molecule has 2 rings (SSSR count). The smallest absolute Gasteiger partial charge is 0.190 e. The zero-order chi connectivity index (χ0) is 10.8. The van der Waals surface area contributed by atoms with Crippen molar-refractivity contribution >= 4 is 5.78 Å². The Labute approximate surface area is 85.7 Å². The molecule has 0 aliphatic heterocycles. The molecule has 2 heterocycles. The van der Waals surface area contributed by atoms with E-state index in [1.165, 1.54) is 4.80 Å². The molecular formula is C8H10N6O. The first-order valence-corrected chi connectivity index (χ1v) is 4.39. The number of carbonyl (C=O) groups excluding carboxylic acids is 1. The summed E-state index contributed by atoms with van der Waals surface area (Å²) in [6.45, 7) is 0. The van der Waals surface area contributed by atoms with E-state index in [9.17, 15) is 4.79 Å². The van der Waals surface area contributed by atoms with Gasteiger partial charge in [0.25, 0.3) is 0 Å². The number of carbonyl (C=O) groups is 1. The summed E-state index contributed by atoms with van der Waals surface area (Å²) in [6, 6.07) is 0. The highest BCUT2D eigenvalue weighted by atomic mass is 16.1. The number of ketones is 1. The van der Waals surface area contributed by atoms with Crippen LogP contribution in [0.2, 0.25) is 0 Å². The van der Waals surface area contributed by atoms with Crippen LogP contribution in [0.5, 0.6) is 0 Å². The van der Waals surface area contributed by atoms with E-state index in [4.69, 9.17) is 0 Å². The van der Waals surface area contributed by atoms with Crippen molar-refractivity contribution in [2.24, 2.45) is 14.1 Å². The van der Waals surface area contributed by atoms with Gasteiger partial charge in [-0.25, -0.2) is 4.98 Å². The first kappa shape index (κ1) is 9.50. The first-order valence-electron chi connectivity index (χ1n) is 4.39. The van der Waals surface area contributed by atoms with E-state index in [0.717, 1.165) is 0 Å².